The summed E-state index contributed by atoms with van der Waals surface area (Å²) >= 11 is 0. The van der Waals surface area contributed by atoms with Gasteiger partial charge in [-0.2, -0.15) is 0 Å². The summed E-state index contributed by atoms with van der Waals surface area (Å²) in [5.41, 5.74) is 4.55. The Morgan fingerprint density at radius 2 is 1.50 bits per heavy atom. The number of amides is 1. The lowest BCUT2D eigenvalue weighted by Gasteiger charge is -2.18. The number of rotatable bonds is 5. The van der Waals surface area contributed by atoms with Gasteiger partial charge in [-0.15, -0.1) is 0 Å². The van der Waals surface area contributed by atoms with Crippen LogP contribution in [0.3, 0.4) is 0 Å². The third kappa shape index (κ3) is 6.43. The van der Waals surface area contributed by atoms with Gasteiger partial charge >= 0.3 is 0 Å². The van der Waals surface area contributed by atoms with Gasteiger partial charge in [0.25, 0.3) is 5.91 Å². The average molecular weight is 430 g/mol. The van der Waals surface area contributed by atoms with Crippen molar-refractivity contribution in [3.05, 3.63) is 59.7 Å². The summed E-state index contributed by atoms with van der Waals surface area (Å²) in [5, 5.41) is 2.42. The lowest BCUT2D eigenvalue weighted by Crippen LogP contribution is -2.17. The molecule has 0 aliphatic heterocycles. The van der Waals surface area contributed by atoms with Gasteiger partial charge in [0.05, 0.1) is 5.25 Å². The SMILES string of the molecule is CC(C)S(C)(=O)=O.CCC1CCCC1c1ccc(-c2ccc(C(=O)NC)cc2)cc1. The molecule has 30 heavy (non-hydrogen) atoms. The molecule has 0 spiro atoms. The van der Waals surface area contributed by atoms with Crippen LogP contribution in [0.5, 0.6) is 0 Å². The molecule has 164 valence electrons. The van der Waals surface area contributed by atoms with Gasteiger partial charge in [0.1, 0.15) is 9.84 Å². The van der Waals surface area contributed by atoms with E-state index >= 15 is 0 Å². The van der Waals surface area contributed by atoms with E-state index in [1.165, 1.54) is 43.1 Å². The van der Waals surface area contributed by atoms with E-state index in [1.54, 1.807) is 20.9 Å². The van der Waals surface area contributed by atoms with Crippen molar-refractivity contribution in [3.8, 4) is 11.1 Å². The Hall–Kier alpha value is -2.14. The summed E-state index contributed by atoms with van der Waals surface area (Å²) in [6, 6.07) is 16.8. The third-order valence-corrected chi connectivity index (χ3v) is 7.80. The number of carbonyl (C=O) groups excluding carboxylic acids is 1. The highest BCUT2D eigenvalue weighted by Crippen LogP contribution is 2.41. The number of sulfone groups is 1. The number of carbonyl (C=O) groups is 1. The zero-order valence-electron chi connectivity index (χ0n) is 18.8. The van der Waals surface area contributed by atoms with Crippen LogP contribution in [0.4, 0.5) is 0 Å². The fraction of sp³-hybridized carbons (Fsp3) is 0.480. The number of hydrogen-bond donors (Lipinski definition) is 1. The van der Waals surface area contributed by atoms with E-state index in [0.29, 0.717) is 5.56 Å². The maximum absolute atomic E-state index is 11.6. The summed E-state index contributed by atoms with van der Waals surface area (Å²) in [5.74, 6) is 1.55. The quantitative estimate of drug-likeness (QED) is 0.688. The largest absolute Gasteiger partial charge is 0.355 e. The molecule has 3 rings (SSSR count). The minimum absolute atomic E-state index is 0.0428. The zero-order valence-corrected chi connectivity index (χ0v) is 19.6. The highest BCUT2D eigenvalue weighted by molar-refractivity contribution is 7.91. The second kappa shape index (κ2) is 10.8. The highest BCUT2D eigenvalue weighted by Gasteiger charge is 2.26. The predicted molar refractivity (Wildman–Crippen MR) is 126 cm³/mol. The molecule has 2 aromatic rings. The maximum atomic E-state index is 11.6. The van der Waals surface area contributed by atoms with Gasteiger partial charge in [0.2, 0.25) is 0 Å². The Balaban J connectivity index is 0.000000396. The van der Waals surface area contributed by atoms with Gasteiger partial charge in [-0.3, -0.25) is 4.79 Å². The number of hydrogen-bond acceptors (Lipinski definition) is 3. The Labute approximate surface area is 182 Å². The van der Waals surface area contributed by atoms with Crippen molar-refractivity contribution >= 4 is 15.7 Å². The van der Waals surface area contributed by atoms with Crippen molar-refractivity contribution in [2.24, 2.45) is 5.92 Å². The molecule has 0 bridgehead atoms. The molecule has 1 N–H and O–H groups in total. The van der Waals surface area contributed by atoms with Crippen LogP contribution in [-0.2, 0) is 9.84 Å². The van der Waals surface area contributed by atoms with Gasteiger partial charge in [-0.25, -0.2) is 8.42 Å². The Kier molecular flexibility index (Phi) is 8.65. The van der Waals surface area contributed by atoms with E-state index in [-0.39, 0.29) is 11.2 Å². The van der Waals surface area contributed by atoms with Crippen LogP contribution in [0.2, 0.25) is 0 Å². The average Bonchev–Trinajstić information content (AvgIpc) is 3.22. The summed E-state index contributed by atoms with van der Waals surface area (Å²) in [4.78, 5) is 11.6. The fourth-order valence-corrected chi connectivity index (χ4v) is 3.85. The summed E-state index contributed by atoms with van der Waals surface area (Å²) < 4.78 is 20.7. The van der Waals surface area contributed by atoms with Crippen molar-refractivity contribution < 1.29 is 13.2 Å². The molecule has 0 aromatic heterocycles. The van der Waals surface area contributed by atoms with Crippen molar-refractivity contribution in [2.75, 3.05) is 13.3 Å². The highest BCUT2D eigenvalue weighted by atomic mass is 32.2. The van der Waals surface area contributed by atoms with Crippen LogP contribution >= 0.6 is 0 Å². The van der Waals surface area contributed by atoms with Crippen molar-refractivity contribution in [3.63, 3.8) is 0 Å². The molecule has 1 fully saturated rings. The molecule has 1 aliphatic carbocycles. The molecule has 2 unspecified atom stereocenters. The molecule has 5 heteroatoms. The first-order chi connectivity index (χ1) is 14.2. The number of nitrogens with one attached hydrogen (secondary N) is 1. The monoisotopic (exact) mass is 429 g/mol. The molecule has 1 aliphatic rings. The minimum Gasteiger partial charge on any atom is -0.355 e. The van der Waals surface area contributed by atoms with Gasteiger partial charge in [0, 0.05) is 18.9 Å². The second-order valence-corrected chi connectivity index (χ2v) is 11.0. The zero-order chi connectivity index (χ0) is 22.3. The van der Waals surface area contributed by atoms with Crippen molar-refractivity contribution in [2.45, 2.75) is 57.6 Å². The minimum atomic E-state index is -2.74. The standard InChI is InChI=1S/C21H25NO.C4H10O2S/c1-3-15-5-4-6-20(15)18-11-7-16(8-12-18)17-9-13-19(14-10-17)21(23)22-2;1-4(2)7(3,5)6/h7-15,20H,3-6H2,1-2H3,(H,22,23);4H,1-3H3. The van der Waals surface area contributed by atoms with E-state index in [0.717, 1.165) is 17.4 Å². The van der Waals surface area contributed by atoms with Crippen molar-refractivity contribution in [1.29, 1.82) is 0 Å². The second-order valence-electron chi connectivity index (χ2n) is 8.36. The van der Waals surface area contributed by atoms with E-state index in [9.17, 15) is 13.2 Å². The van der Waals surface area contributed by atoms with Crippen LogP contribution < -0.4 is 5.32 Å². The molecule has 0 radical (unpaired) electrons. The molecule has 4 nitrogen and oxygen atoms in total. The Bertz CT molecular complexity index is 916. The molecular formula is C25H35NO3S. The summed E-state index contributed by atoms with van der Waals surface area (Å²) in [6.07, 6.45) is 6.60. The Morgan fingerprint density at radius 3 is 1.93 bits per heavy atom. The molecule has 0 saturated heterocycles. The van der Waals surface area contributed by atoms with Crippen LogP contribution in [0.1, 0.15) is 68.3 Å². The van der Waals surface area contributed by atoms with Gasteiger partial charge in [-0.05, 0) is 67.3 Å². The van der Waals surface area contributed by atoms with Gasteiger partial charge in [0.15, 0.2) is 0 Å². The summed E-state index contributed by atoms with van der Waals surface area (Å²) in [7, 11) is -1.09. The van der Waals surface area contributed by atoms with Crippen LogP contribution in [-0.4, -0.2) is 32.9 Å². The maximum Gasteiger partial charge on any atom is 0.251 e. The molecule has 2 atom stereocenters. The summed E-state index contributed by atoms with van der Waals surface area (Å²) in [6.45, 7) is 5.63. The lowest BCUT2D eigenvalue weighted by atomic mass is 9.86. The fourth-order valence-electron chi connectivity index (χ4n) is 3.85. The molecule has 1 amide bonds. The van der Waals surface area contributed by atoms with E-state index in [1.807, 2.05) is 24.3 Å². The normalized spacial score (nSPS) is 18.6. The van der Waals surface area contributed by atoms with E-state index in [4.69, 9.17) is 0 Å². The number of benzene rings is 2. The van der Waals surface area contributed by atoms with E-state index < -0.39 is 9.84 Å². The van der Waals surface area contributed by atoms with Crippen molar-refractivity contribution in [1.82, 2.24) is 5.32 Å². The first kappa shape index (κ1) is 24.1. The molecule has 1 saturated carbocycles. The van der Waals surface area contributed by atoms with Crippen LogP contribution in [0.25, 0.3) is 11.1 Å². The molecule has 0 heterocycles. The van der Waals surface area contributed by atoms with E-state index in [2.05, 4.69) is 36.5 Å². The van der Waals surface area contributed by atoms with Gasteiger partial charge in [-0.1, -0.05) is 56.2 Å². The predicted octanol–water partition coefficient (Wildman–Crippen LogP) is 5.45. The van der Waals surface area contributed by atoms with Crippen LogP contribution in [0, 0.1) is 5.92 Å². The molecule has 2 aromatic carbocycles. The Morgan fingerprint density at radius 1 is 1.00 bits per heavy atom. The topological polar surface area (TPSA) is 63.2 Å². The first-order valence-corrected chi connectivity index (χ1v) is 12.7. The molecular weight excluding hydrogens is 394 g/mol. The lowest BCUT2D eigenvalue weighted by molar-refractivity contribution is 0.0963. The van der Waals surface area contributed by atoms with Gasteiger partial charge < -0.3 is 5.32 Å². The van der Waals surface area contributed by atoms with Crippen LogP contribution in [0.15, 0.2) is 48.5 Å². The smallest absolute Gasteiger partial charge is 0.251 e. The third-order valence-electron chi connectivity index (χ3n) is 6.09. The first-order valence-electron chi connectivity index (χ1n) is 10.8.